The van der Waals surface area contributed by atoms with Gasteiger partial charge in [-0.2, -0.15) is 0 Å². The Labute approximate surface area is 165 Å². The number of amides is 1. The number of carbonyl (C=O) groups excluding carboxylic acids is 1. The van der Waals surface area contributed by atoms with Crippen LogP contribution in [0.3, 0.4) is 0 Å². The Morgan fingerprint density at radius 1 is 1.33 bits per heavy atom. The van der Waals surface area contributed by atoms with Gasteiger partial charge in [-0.25, -0.2) is 4.98 Å². The van der Waals surface area contributed by atoms with Crippen LogP contribution in [0.1, 0.15) is 24.6 Å². The van der Waals surface area contributed by atoms with Crippen molar-refractivity contribution in [3.63, 3.8) is 0 Å². The molecule has 7 nitrogen and oxygen atoms in total. The van der Waals surface area contributed by atoms with Crippen LogP contribution in [0.2, 0.25) is 0 Å². The van der Waals surface area contributed by atoms with Gasteiger partial charge in [0.25, 0.3) is 0 Å². The van der Waals surface area contributed by atoms with Gasteiger partial charge >= 0.3 is 0 Å². The number of hydrogen-bond donors (Lipinski definition) is 1. The molecule has 1 aromatic carbocycles. The molecule has 140 valence electrons. The summed E-state index contributed by atoms with van der Waals surface area (Å²) < 4.78 is 7.15. The molecule has 0 unspecified atom stereocenters. The van der Waals surface area contributed by atoms with Crippen LogP contribution in [0.15, 0.2) is 34.8 Å². The van der Waals surface area contributed by atoms with Crippen LogP contribution >= 0.6 is 23.1 Å². The average molecular weight is 402 g/mol. The second kappa shape index (κ2) is 7.69. The fourth-order valence-electron chi connectivity index (χ4n) is 2.66. The van der Waals surface area contributed by atoms with E-state index in [-0.39, 0.29) is 11.7 Å². The minimum absolute atomic E-state index is 0.105. The van der Waals surface area contributed by atoms with Crippen molar-refractivity contribution >= 4 is 34.1 Å². The van der Waals surface area contributed by atoms with E-state index in [1.54, 1.807) is 7.11 Å². The number of hydrogen-bond acceptors (Lipinski definition) is 7. The van der Waals surface area contributed by atoms with Gasteiger partial charge in [0.2, 0.25) is 5.91 Å². The molecule has 1 aliphatic rings. The first-order valence-corrected chi connectivity index (χ1v) is 10.4. The highest BCUT2D eigenvalue weighted by Gasteiger charge is 2.29. The van der Waals surface area contributed by atoms with Gasteiger partial charge in [-0.1, -0.05) is 11.8 Å². The molecule has 2 aromatic heterocycles. The lowest BCUT2D eigenvalue weighted by atomic mass is 10.2. The molecule has 3 aromatic rings. The third-order valence-corrected chi connectivity index (χ3v) is 6.06. The maximum atomic E-state index is 12.2. The van der Waals surface area contributed by atoms with Crippen LogP contribution in [0.4, 0.5) is 5.13 Å². The number of anilines is 1. The second-order valence-electron chi connectivity index (χ2n) is 6.28. The van der Waals surface area contributed by atoms with Crippen LogP contribution in [0.25, 0.3) is 11.3 Å². The Bertz CT molecular complexity index is 947. The molecule has 0 radical (unpaired) electrons. The Hall–Kier alpha value is -2.39. The fourth-order valence-corrected chi connectivity index (χ4v) is 4.11. The van der Waals surface area contributed by atoms with Gasteiger partial charge in [-0.3, -0.25) is 4.79 Å². The number of thioether (sulfide) groups is 1. The summed E-state index contributed by atoms with van der Waals surface area (Å²) in [6.45, 7) is 0. The summed E-state index contributed by atoms with van der Waals surface area (Å²) in [4.78, 5) is 16.7. The maximum Gasteiger partial charge on any atom is 0.236 e. The lowest BCUT2D eigenvalue weighted by Gasteiger charge is -2.03. The van der Waals surface area contributed by atoms with Crippen LogP contribution in [-0.2, 0) is 11.8 Å². The summed E-state index contributed by atoms with van der Waals surface area (Å²) in [6, 6.07) is 7.67. The summed E-state index contributed by atoms with van der Waals surface area (Å²) >= 11 is 2.79. The molecule has 0 atom stereocenters. The molecule has 9 heteroatoms. The summed E-state index contributed by atoms with van der Waals surface area (Å²) in [5.74, 6) is 2.52. The molecule has 1 aliphatic carbocycles. The first-order chi connectivity index (χ1) is 13.1. The van der Waals surface area contributed by atoms with Crippen LogP contribution in [0.5, 0.6) is 5.75 Å². The number of nitrogens with zero attached hydrogens (tertiary/aromatic N) is 4. The van der Waals surface area contributed by atoms with Gasteiger partial charge in [0.05, 0.1) is 18.6 Å². The third-order valence-electron chi connectivity index (χ3n) is 4.28. The van der Waals surface area contributed by atoms with Crippen LogP contribution in [-0.4, -0.2) is 38.5 Å². The Balaban J connectivity index is 1.33. The van der Waals surface area contributed by atoms with Crippen molar-refractivity contribution in [2.24, 2.45) is 7.05 Å². The Morgan fingerprint density at radius 3 is 2.81 bits per heavy atom. The molecular weight excluding hydrogens is 382 g/mol. The third kappa shape index (κ3) is 4.14. The molecular formula is C18H19N5O2S2. The molecule has 0 bridgehead atoms. The molecule has 1 N–H and O–H groups in total. The number of benzene rings is 1. The normalized spacial score (nSPS) is 13.6. The summed E-state index contributed by atoms with van der Waals surface area (Å²) in [6.07, 6.45) is 2.36. The highest BCUT2D eigenvalue weighted by Crippen LogP contribution is 2.39. The topological polar surface area (TPSA) is 81.9 Å². The standard InChI is InChI=1S/C18H19N5O2S2/c1-23-16(12-3-4-12)21-22-18(23)27-10-15(24)20-17-19-14(9-26-17)11-5-7-13(25-2)8-6-11/h5-9,12H,3-4,10H2,1-2H3,(H,19,20,24). The molecule has 0 aliphatic heterocycles. The lowest BCUT2D eigenvalue weighted by Crippen LogP contribution is -2.14. The van der Waals surface area contributed by atoms with Crippen LogP contribution in [0, 0.1) is 0 Å². The summed E-state index contributed by atoms with van der Waals surface area (Å²) in [7, 11) is 3.59. The zero-order chi connectivity index (χ0) is 18.8. The van der Waals surface area contributed by atoms with E-state index >= 15 is 0 Å². The number of carbonyl (C=O) groups is 1. The van der Waals surface area contributed by atoms with Crippen molar-refractivity contribution in [2.45, 2.75) is 23.9 Å². The van der Waals surface area contributed by atoms with E-state index in [1.165, 1.54) is 35.9 Å². The Kier molecular flexibility index (Phi) is 5.13. The molecule has 27 heavy (non-hydrogen) atoms. The van der Waals surface area contributed by atoms with E-state index in [0.29, 0.717) is 11.0 Å². The molecule has 1 amide bonds. The van der Waals surface area contributed by atoms with Gasteiger partial charge in [0.15, 0.2) is 10.3 Å². The van der Waals surface area contributed by atoms with Crippen molar-refractivity contribution in [2.75, 3.05) is 18.2 Å². The number of ether oxygens (including phenoxy) is 1. The zero-order valence-corrected chi connectivity index (χ0v) is 16.6. The predicted octanol–water partition coefficient (Wildman–Crippen LogP) is 3.56. The Morgan fingerprint density at radius 2 is 2.11 bits per heavy atom. The molecule has 1 saturated carbocycles. The van der Waals surface area contributed by atoms with E-state index in [1.807, 2.05) is 41.3 Å². The fraction of sp³-hybridized carbons (Fsp3) is 0.333. The minimum atomic E-state index is -0.105. The van der Waals surface area contributed by atoms with Gasteiger partial charge in [0, 0.05) is 23.9 Å². The number of nitrogens with one attached hydrogen (secondary N) is 1. The summed E-state index contributed by atoms with van der Waals surface area (Å²) in [5, 5.41) is 14.5. The monoisotopic (exact) mass is 401 g/mol. The van der Waals surface area contributed by atoms with Crippen molar-refractivity contribution in [3.05, 3.63) is 35.5 Å². The number of thiazole rings is 1. The molecule has 0 spiro atoms. The van der Waals surface area contributed by atoms with E-state index in [9.17, 15) is 4.79 Å². The predicted molar refractivity (Wildman–Crippen MR) is 106 cm³/mol. The number of aromatic nitrogens is 4. The average Bonchev–Trinajstić information content (AvgIpc) is 3.31. The van der Waals surface area contributed by atoms with Crippen LogP contribution < -0.4 is 10.1 Å². The van der Waals surface area contributed by atoms with E-state index in [4.69, 9.17) is 4.74 Å². The highest BCUT2D eigenvalue weighted by molar-refractivity contribution is 7.99. The summed E-state index contributed by atoms with van der Waals surface area (Å²) in [5.41, 5.74) is 1.81. The molecule has 2 heterocycles. The minimum Gasteiger partial charge on any atom is -0.497 e. The number of rotatable bonds is 7. The van der Waals surface area contributed by atoms with E-state index in [2.05, 4.69) is 20.5 Å². The smallest absolute Gasteiger partial charge is 0.236 e. The highest BCUT2D eigenvalue weighted by atomic mass is 32.2. The van der Waals surface area contributed by atoms with E-state index in [0.717, 1.165) is 28.0 Å². The van der Waals surface area contributed by atoms with Crippen molar-refractivity contribution in [1.82, 2.24) is 19.7 Å². The molecule has 4 rings (SSSR count). The van der Waals surface area contributed by atoms with Crippen molar-refractivity contribution in [1.29, 1.82) is 0 Å². The van der Waals surface area contributed by atoms with Gasteiger partial charge in [-0.05, 0) is 37.1 Å². The van der Waals surface area contributed by atoms with Gasteiger partial charge in [0.1, 0.15) is 11.6 Å². The van der Waals surface area contributed by atoms with Gasteiger partial charge < -0.3 is 14.6 Å². The first kappa shape index (κ1) is 18.0. The zero-order valence-electron chi connectivity index (χ0n) is 15.0. The van der Waals surface area contributed by atoms with Gasteiger partial charge in [-0.15, -0.1) is 21.5 Å². The lowest BCUT2D eigenvalue weighted by molar-refractivity contribution is -0.113. The quantitative estimate of drug-likeness (QED) is 0.610. The largest absolute Gasteiger partial charge is 0.497 e. The van der Waals surface area contributed by atoms with E-state index < -0.39 is 0 Å². The van der Waals surface area contributed by atoms with Crippen molar-refractivity contribution < 1.29 is 9.53 Å². The molecule has 0 saturated heterocycles. The molecule has 1 fully saturated rings. The van der Waals surface area contributed by atoms with Crippen molar-refractivity contribution in [3.8, 4) is 17.0 Å². The maximum absolute atomic E-state index is 12.2. The number of methoxy groups -OCH3 is 1. The first-order valence-electron chi connectivity index (χ1n) is 8.56. The SMILES string of the molecule is COc1ccc(-c2csc(NC(=O)CSc3nnc(C4CC4)n3C)n2)cc1. The second-order valence-corrected chi connectivity index (χ2v) is 8.08.